The van der Waals surface area contributed by atoms with E-state index in [2.05, 4.69) is 20.6 Å². The fourth-order valence-electron chi connectivity index (χ4n) is 2.20. The maximum Gasteiger partial charge on any atom is 0.437 e. The number of oxime groups is 1. The van der Waals surface area contributed by atoms with Gasteiger partial charge in [-0.15, -0.1) is 0 Å². The summed E-state index contributed by atoms with van der Waals surface area (Å²) in [7, 11) is 0. The van der Waals surface area contributed by atoms with Gasteiger partial charge in [0.25, 0.3) is 5.90 Å². The number of nitrogens with zero attached hydrogens (tertiary/aromatic N) is 1. The van der Waals surface area contributed by atoms with Gasteiger partial charge in [-0.1, -0.05) is 18.2 Å². The number of nitrogens with one attached hydrogen (secondary N) is 2. The van der Waals surface area contributed by atoms with Gasteiger partial charge >= 0.3 is 6.09 Å². The van der Waals surface area contributed by atoms with Gasteiger partial charge in [-0.3, -0.25) is 14.9 Å². The largest absolute Gasteiger partial charge is 0.468 e. The quantitative estimate of drug-likeness (QED) is 0.350. The summed E-state index contributed by atoms with van der Waals surface area (Å²) < 4.78 is 5.20. The van der Waals surface area contributed by atoms with Gasteiger partial charge in [0.15, 0.2) is 6.10 Å². The molecule has 0 spiro atoms. The van der Waals surface area contributed by atoms with E-state index < -0.39 is 43.0 Å². The molecule has 1 aromatic carbocycles. The Morgan fingerprint density at radius 1 is 1.24 bits per heavy atom. The van der Waals surface area contributed by atoms with E-state index in [1.165, 1.54) is 6.92 Å². The lowest BCUT2D eigenvalue weighted by molar-refractivity contribution is -0.126. The molecule has 1 aromatic rings. The highest BCUT2D eigenvalue weighted by atomic mass is 16.7. The number of para-hydroxylation sites is 1. The minimum absolute atomic E-state index is 0.352. The van der Waals surface area contributed by atoms with Crippen LogP contribution in [-0.4, -0.2) is 64.2 Å². The Bertz CT molecular complexity index is 637. The fourth-order valence-corrected chi connectivity index (χ4v) is 2.20. The summed E-state index contributed by atoms with van der Waals surface area (Å²) in [4.78, 5) is 27.7. The van der Waals surface area contributed by atoms with Crippen molar-refractivity contribution in [2.45, 2.75) is 31.3 Å². The van der Waals surface area contributed by atoms with Gasteiger partial charge in [-0.25, -0.2) is 4.79 Å². The monoisotopic (exact) mass is 353 g/mol. The maximum atomic E-state index is 11.7. The highest BCUT2D eigenvalue weighted by molar-refractivity contribution is 5.89. The molecule has 1 saturated heterocycles. The third-order valence-corrected chi connectivity index (χ3v) is 3.39. The van der Waals surface area contributed by atoms with Crippen LogP contribution < -0.4 is 10.6 Å². The predicted octanol–water partition coefficient (Wildman–Crippen LogP) is -0.834. The Kier molecular flexibility index (Phi) is 6.28. The van der Waals surface area contributed by atoms with E-state index in [0.29, 0.717) is 5.69 Å². The molecule has 1 aliphatic heterocycles. The van der Waals surface area contributed by atoms with E-state index in [1.807, 2.05) is 0 Å². The van der Waals surface area contributed by atoms with Crippen molar-refractivity contribution in [1.29, 1.82) is 0 Å². The first-order chi connectivity index (χ1) is 11.9. The summed E-state index contributed by atoms with van der Waals surface area (Å²) in [6, 6.07) is 7.22. The topological polar surface area (TPSA) is 150 Å². The van der Waals surface area contributed by atoms with Gasteiger partial charge in [0.05, 0.1) is 6.61 Å². The molecule has 5 N–H and O–H groups in total. The molecule has 10 heteroatoms. The van der Waals surface area contributed by atoms with Crippen molar-refractivity contribution in [3.63, 3.8) is 0 Å². The third-order valence-electron chi connectivity index (χ3n) is 3.39. The molecule has 10 nitrogen and oxygen atoms in total. The standard InChI is InChI=1S/C15H19N3O7/c1-8(20)16-11-13(22)12(21)10(7-19)24-14(11)18-25-15(23)17-9-5-3-2-4-6-9/h2-6,10-13,19,21-22H,7H2,1H3,(H,16,20)(H,17,23)/b18-14-/t10?,11?,12-,13+/m0/s1. The average Bonchev–Trinajstić information content (AvgIpc) is 2.59. The lowest BCUT2D eigenvalue weighted by Crippen LogP contribution is -2.62. The van der Waals surface area contributed by atoms with E-state index in [1.54, 1.807) is 30.3 Å². The first-order valence-electron chi connectivity index (χ1n) is 7.44. The number of ether oxygens (including phenoxy) is 1. The predicted molar refractivity (Wildman–Crippen MR) is 85.6 cm³/mol. The van der Waals surface area contributed by atoms with Crippen LogP contribution in [-0.2, 0) is 14.4 Å². The first-order valence-corrected chi connectivity index (χ1v) is 7.44. The normalized spacial score (nSPS) is 27.3. The van der Waals surface area contributed by atoms with Gasteiger partial charge in [0, 0.05) is 12.6 Å². The van der Waals surface area contributed by atoms with Crippen LogP contribution in [0.1, 0.15) is 6.92 Å². The lowest BCUT2D eigenvalue weighted by Gasteiger charge is -2.37. The van der Waals surface area contributed by atoms with E-state index in [4.69, 9.17) is 4.74 Å². The molecular formula is C15H19N3O7. The lowest BCUT2D eigenvalue weighted by atomic mass is 9.97. The number of benzene rings is 1. The summed E-state index contributed by atoms with van der Waals surface area (Å²) in [5.74, 6) is -0.876. The summed E-state index contributed by atoms with van der Waals surface area (Å²) >= 11 is 0. The van der Waals surface area contributed by atoms with Crippen molar-refractivity contribution >= 4 is 23.6 Å². The molecular weight excluding hydrogens is 334 g/mol. The van der Waals surface area contributed by atoms with Crippen LogP contribution in [0.15, 0.2) is 35.5 Å². The van der Waals surface area contributed by atoms with Gasteiger partial charge < -0.3 is 25.4 Å². The number of aliphatic hydroxyl groups is 3. The van der Waals surface area contributed by atoms with Crippen LogP contribution in [0.4, 0.5) is 10.5 Å². The molecule has 0 saturated carbocycles. The van der Waals surface area contributed by atoms with Crippen LogP contribution in [0.5, 0.6) is 0 Å². The number of carbonyl (C=O) groups is 2. The number of hydrogen-bond donors (Lipinski definition) is 5. The van der Waals surface area contributed by atoms with Crippen molar-refractivity contribution in [2.24, 2.45) is 5.16 Å². The zero-order valence-corrected chi connectivity index (χ0v) is 13.3. The number of amides is 2. The molecule has 0 aliphatic carbocycles. The molecule has 1 fully saturated rings. The van der Waals surface area contributed by atoms with E-state index in [0.717, 1.165) is 0 Å². The van der Waals surface area contributed by atoms with Crippen LogP contribution in [0.2, 0.25) is 0 Å². The van der Waals surface area contributed by atoms with Gasteiger partial charge in [0.1, 0.15) is 18.2 Å². The van der Waals surface area contributed by atoms with Gasteiger partial charge in [0.2, 0.25) is 5.91 Å². The van der Waals surface area contributed by atoms with Crippen molar-refractivity contribution in [3.05, 3.63) is 30.3 Å². The van der Waals surface area contributed by atoms with Gasteiger partial charge in [-0.2, -0.15) is 0 Å². The number of carbonyl (C=O) groups excluding carboxylic acids is 2. The number of hydrogen-bond acceptors (Lipinski definition) is 8. The SMILES string of the molecule is CC(=O)NC1/C(=N/OC(=O)Nc2ccccc2)OC(CO)[C@H](O)[C@@H]1O. The second-order valence-corrected chi connectivity index (χ2v) is 5.30. The molecule has 2 amide bonds. The Balaban J connectivity index is 2.09. The summed E-state index contributed by atoms with van der Waals surface area (Å²) in [6.07, 6.45) is -5.07. The minimum Gasteiger partial charge on any atom is -0.468 e. The molecule has 2 rings (SSSR count). The smallest absolute Gasteiger partial charge is 0.437 e. The molecule has 1 heterocycles. The second-order valence-electron chi connectivity index (χ2n) is 5.30. The molecule has 0 radical (unpaired) electrons. The van der Waals surface area contributed by atoms with Gasteiger partial charge in [-0.05, 0) is 17.3 Å². The summed E-state index contributed by atoms with van der Waals surface area (Å²) in [6.45, 7) is 0.581. The Labute approximate surface area is 143 Å². The zero-order valence-electron chi connectivity index (χ0n) is 13.3. The first kappa shape index (κ1) is 18.6. The zero-order chi connectivity index (χ0) is 18.4. The second kappa shape index (κ2) is 8.42. The fraction of sp³-hybridized carbons (Fsp3) is 0.400. The number of anilines is 1. The van der Waals surface area contributed by atoms with Crippen LogP contribution >= 0.6 is 0 Å². The maximum absolute atomic E-state index is 11.7. The van der Waals surface area contributed by atoms with E-state index in [-0.39, 0.29) is 5.90 Å². The van der Waals surface area contributed by atoms with E-state index >= 15 is 0 Å². The van der Waals surface area contributed by atoms with Crippen molar-refractivity contribution in [3.8, 4) is 0 Å². The highest BCUT2D eigenvalue weighted by Gasteiger charge is 2.44. The van der Waals surface area contributed by atoms with Crippen LogP contribution in [0.25, 0.3) is 0 Å². The van der Waals surface area contributed by atoms with Crippen molar-refractivity contribution in [1.82, 2.24) is 5.32 Å². The molecule has 136 valence electrons. The molecule has 4 atom stereocenters. The van der Waals surface area contributed by atoms with Crippen LogP contribution in [0, 0.1) is 0 Å². The molecule has 2 unspecified atom stereocenters. The Morgan fingerprint density at radius 2 is 1.92 bits per heavy atom. The van der Waals surface area contributed by atoms with Crippen molar-refractivity contribution < 1.29 is 34.5 Å². The molecule has 0 bridgehead atoms. The number of rotatable bonds is 4. The molecule has 0 aromatic heterocycles. The van der Waals surface area contributed by atoms with E-state index in [9.17, 15) is 24.9 Å². The Hall–Kier alpha value is -2.69. The number of aliphatic hydroxyl groups excluding tert-OH is 3. The van der Waals surface area contributed by atoms with Crippen LogP contribution in [0.3, 0.4) is 0 Å². The Morgan fingerprint density at radius 3 is 2.52 bits per heavy atom. The minimum atomic E-state index is -1.51. The molecule has 25 heavy (non-hydrogen) atoms. The van der Waals surface area contributed by atoms with Crippen molar-refractivity contribution in [2.75, 3.05) is 11.9 Å². The summed E-state index contributed by atoms with van der Waals surface area (Å²) in [5.41, 5.74) is 0.472. The summed E-state index contributed by atoms with van der Waals surface area (Å²) in [5, 5.41) is 37.3. The molecule has 1 aliphatic rings. The average molecular weight is 353 g/mol. The highest BCUT2D eigenvalue weighted by Crippen LogP contribution is 2.18. The third kappa shape index (κ3) is 4.89.